The van der Waals surface area contributed by atoms with Gasteiger partial charge in [0, 0.05) is 38.1 Å². The van der Waals surface area contributed by atoms with Crippen LogP contribution < -0.4 is 16.0 Å². The van der Waals surface area contributed by atoms with Gasteiger partial charge in [0.1, 0.15) is 5.69 Å². The molecule has 1 saturated heterocycles. The Morgan fingerprint density at radius 2 is 2.53 bits per heavy atom. The second-order valence-electron chi connectivity index (χ2n) is 4.20. The SMILES string of the molecule is CNC(=O)c1cc(N2CCCC2CN)ccn1. The molecule has 5 nitrogen and oxygen atoms in total. The fourth-order valence-electron chi connectivity index (χ4n) is 2.27. The predicted octanol–water partition coefficient (Wildman–Crippen LogP) is 0.369. The van der Waals surface area contributed by atoms with Crippen LogP contribution in [0.2, 0.25) is 0 Å². The van der Waals surface area contributed by atoms with Crippen molar-refractivity contribution in [1.29, 1.82) is 0 Å². The minimum atomic E-state index is -0.157. The van der Waals surface area contributed by atoms with Crippen LogP contribution in [-0.2, 0) is 0 Å². The summed E-state index contributed by atoms with van der Waals surface area (Å²) in [6.07, 6.45) is 3.94. The van der Waals surface area contributed by atoms with Crippen molar-refractivity contribution >= 4 is 11.6 Å². The molecule has 1 aliphatic heterocycles. The minimum Gasteiger partial charge on any atom is -0.367 e. The molecule has 1 aromatic heterocycles. The first-order chi connectivity index (χ1) is 8.26. The van der Waals surface area contributed by atoms with Crippen LogP contribution in [0, 0.1) is 0 Å². The lowest BCUT2D eigenvalue weighted by Crippen LogP contribution is -2.35. The summed E-state index contributed by atoms with van der Waals surface area (Å²) >= 11 is 0. The highest BCUT2D eigenvalue weighted by molar-refractivity contribution is 5.92. The van der Waals surface area contributed by atoms with E-state index in [9.17, 15) is 4.79 Å². The Balaban J connectivity index is 2.23. The van der Waals surface area contributed by atoms with E-state index >= 15 is 0 Å². The van der Waals surface area contributed by atoms with Crippen LogP contribution in [0.25, 0.3) is 0 Å². The number of nitrogens with one attached hydrogen (secondary N) is 1. The molecule has 1 fully saturated rings. The van der Waals surface area contributed by atoms with Crippen molar-refractivity contribution in [2.24, 2.45) is 5.73 Å². The standard InChI is InChI=1S/C12H18N4O/c1-14-12(17)11-7-9(4-5-15-11)16-6-2-3-10(16)8-13/h4-5,7,10H,2-3,6,8,13H2,1H3,(H,14,17). The van der Waals surface area contributed by atoms with Gasteiger partial charge >= 0.3 is 0 Å². The molecular weight excluding hydrogens is 216 g/mol. The van der Waals surface area contributed by atoms with Crippen LogP contribution in [-0.4, -0.2) is 37.1 Å². The Bertz CT molecular complexity index is 407. The second kappa shape index (κ2) is 5.14. The Kier molecular flexibility index (Phi) is 3.58. The molecule has 1 aliphatic rings. The van der Waals surface area contributed by atoms with Gasteiger partial charge in [-0.05, 0) is 25.0 Å². The number of carbonyl (C=O) groups excluding carboxylic acids is 1. The normalized spacial score (nSPS) is 19.4. The Labute approximate surface area is 101 Å². The first kappa shape index (κ1) is 11.9. The quantitative estimate of drug-likeness (QED) is 0.792. The maximum atomic E-state index is 11.5. The van der Waals surface area contributed by atoms with Crippen LogP contribution in [0.5, 0.6) is 0 Å². The van der Waals surface area contributed by atoms with Crippen LogP contribution in [0.3, 0.4) is 0 Å². The molecule has 0 aliphatic carbocycles. The fraction of sp³-hybridized carbons (Fsp3) is 0.500. The van der Waals surface area contributed by atoms with Gasteiger partial charge in [0.05, 0.1) is 0 Å². The van der Waals surface area contributed by atoms with Gasteiger partial charge in [-0.1, -0.05) is 0 Å². The van der Waals surface area contributed by atoms with E-state index in [-0.39, 0.29) is 5.91 Å². The summed E-state index contributed by atoms with van der Waals surface area (Å²) in [5.41, 5.74) is 7.23. The molecule has 92 valence electrons. The van der Waals surface area contributed by atoms with Crippen molar-refractivity contribution in [3.63, 3.8) is 0 Å². The van der Waals surface area contributed by atoms with E-state index in [1.807, 2.05) is 12.1 Å². The van der Waals surface area contributed by atoms with Crippen LogP contribution in [0.15, 0.2) is 18.3 Å². The molecule has 0 aromatic carbocycles. The smallest absolute Gasteiger partial charge is 0.269 e. The Morgan fingerprint density at radius 1 is 1.71 bits per heavy atom. The van der Waals surface area contributed by atoms with E-state index in [4.69, 9.17) is 5.73 Å². The summed E-state index contributed by atoms with van der Waals surface area (Å²) in [5.74, 6) is -0.157. The number of nitrogens with zero attached hydrogens (tertiary/aromatic N) is 2. The van der Waals surface area contributed by atoms with E-state index in [1.54, 1.807) is 13.2 Å². The van der Waals surface area contributed by atoms with Crippen LogP contribution in [0.1, 0.15) is 23.3 Å². The molecule has 5 heteroatoms. The molecule has 0 saturated carbocycles. The van der Waals surface area contributed by atoms with Crippen molar-refractivity contribution in [2.45, 2.75) is 18.9 Å². The van der Waals surface area contributed by atoms with Crippen molar-refractivity contribution in [3.05, 3.63) is 24.0 Å². The first-order valence-corrected chi connectivity index (χ1v) is 5.91. The number of nitrogens with two attached hydrogens (primary N) is 1. The summed E-state index contributed by atoms with van der Waals surface area (Å²) in [6.45, 7) is 1.65. The van der Waals surface area contributed by atoms with E-state index in [0.29, 0.717) is 18.3 Å². The zero-order valence-corrected chi connectivity index (χ0v) is 10.0. The number of hydrogen-bond acceptors (Lipinski definition) is 4. The van der Waals surface area contributed by atoms with Gasteiger partial charge < -0.3 is 16.0 Å². The zero-order valence-electron chi connectivity index (χ0n) is 10.0. The monoisotopic (exact) mass is 234 g/mol. The van der Waals surface area contributed by atoms with Crippen molar-refractivity contribution in [1.82, 2.24) is 10.3 Å². The number of aromatic nitrogens is 1. The molecule has 0 radical (unpaired) electrons. The molecular formula is C12H18N4O. The maximum absolute atomic E-state index is 11.5. The van der Waals surface area contributed by atoms with Crippen molar-refractivity contribution in [3.8, 4) is 0 Å². The molecule has 1 aromatic rings. The Morgan fingerprint density at radius 3 is 3.24 bits per heavy atom. The fourth-order valence-corrected chi connectivity index (χ4v) is 2.27. The summed E-state index contributed by atoms with van der Waals surface area (Å²) in [4.78, 5) is 17.8. The summed E-state index contributed by atoms with van der Waals surface area (Å²) in [6, 6.07) is 4.14. The van der Waals surface area contributed by atoms with Gasteiger partial charge in [0.15, 0.2) is 0 Å². The summed E-state index contributed by atoms with van der Waals surface area (Å²) < 4.78 is 0. The number of amides is 1. The van der Waals surface area contributed by atoms with E-state index < -0.39 is 0 Å². The zero-order chi connectivity index (χ0) is 12.3. The molecule has 3 N–H and O–H groups in total. The summed E-state index contributed by atoms with van der Waals surface area (Å²) in [5, 5.41) is 2.58. The van der Waals surface area contributed by atoms with E-state index in [0.717, 1.165) is 25.1 Å². The molecule has 2 rings (SSSR count). The van der Waals surface area contributed by atoms with Crippen LogP contribution >= 0.6 is 0 Å². The van der Waals surface area contributed by atoms with Gasteiger partial charge in [-0.3, -0.25) is 9.78 Å². The topological polar surface area (TPSA) is 71.2 Å². The summed E-state index contributed by atoms with van der Waals surface area (Å²) in [7, 11) is 1.61. The number of anilines is 1. The van der Waals surface area contributed by atoms with Gasteiger partial charge in [0.2, 0.25) is 0 Å². The predicted molar refractivity (Wildman–Crippen MR) is 67.0 cm³/mol. The molecule has 1 amide bonds. The third kappa shape index (κ3) is 2.39. The van der Waals surface area contributed by atoms with E-state index in [2.05, 4.69) is 15.2 Å². The van der Waals surface area contributed by atoms with Gasteiger partial charge in [0.25, 0.3) is 5.91 Å². The largest absolute Gasteiger partial charge is 0.367 e. The molecule has 2 heterocycles. The molecule has 1 atom stereocenters. The number of hydrogen-bond donors (Lipinski definition) is 2. The van der Waals surface area contributed by atoms with E-state index in [1.165, 1.54) is 0 Å². The third-order valence-corrected chi connectivity index (χ3v) is 3.18. The molecule has 17 heavy (non-hydrogen) atoms. The minimum absolute atomic E-state index is 0.157. The van der Waals surface area contributed by atoms with Gasteiger partial charge in [-0.25, -0.2) is 0 Å². The lowest BCUT2D eigenvalue weighted by atomic mass is 10.2. The lowest BCUT2D eigenvalue weighted by Gasteiger charge is -2.25. The maximum Gasteiger partial charge on any atom is 0.269 e. The van der Waals surface area contributed by atoms with Crippen molar-refractivity contribution < 1.29 is 4.79 Å². The highest BCUT2D eigenvalue weighted by Crippen LogP contribution is 2.24. The highest BCUT2D eigenvalue weighted by atomic mass is 16.1. The van der Waals surface area contributed by atoms with Gasteiger partial charge in [-0.2, -0.15) is 0 Å². The number of rotatable bonds is 3. The Hall–Kier alpha value is -1.62. The molecule has 0 spiro atoms. The lowest BCUT2D eigenvalue weighted by molar-refractivity contribution is 0.0958. The highest BCUT2D eigenvalue weighted by Gasteiger charge is 2.23. The average molecular weight is 234 g/mol. The number of carbonyl (C=O) groups is 1. The third-order valence-electron chi connectivity index (χ3n) is 3.18. The van der Waals surface area contributed by atoms with Crippen LogP contribution in [0.4, 0.5) is 5.69 Å². The molecule has 1 unspecified atom stereocenters. The van der Waals surface area contributed by atoms with Crippen molar-refractivity contribution in [2.75, 3.05) is 25.0 Å². The first-order valence-electron chi connectivity index (χ1n) is 5.91. The average Bonchev–Trinajstić information content (AvgIpc) is 2.86. The van der Waals surface area contributed by atoms with Gasteiger partial charge in [-0.15, -0.1) is 0 Å². The second-order valence-corrected chi connectivity index (χ2v) is 4.20. The molecule has 0 bridgehead atoms. The number of pyridine rings is 1.